The third-order valence-corrected chi connectivity index (χ3v) is 5.24. The lowest BCUT2D eigenvalue weighted by Crippen LogP contribution is -2.29. The summed E-state index contributed by atoms with van der Waals surface area (Å²) in [7, 11) is -1.30. The van der Waals surface area contributed by atoms with Gasteiger partial charge in [0.1, 0.15) is 0 Å². The van der Waals surface area contributed by atoms with Crippen molar-refractivity contribution < 1.29 is 8.42 Å². The molecule has 0 spiro atoms. The summed E-state index contributed by atoms with van der Waals surface area (Å²) in [5, 5.41) is 0. The first-order chi connectivity index (χ1) is 9.33. The zero-order valence-electron chi connectivity index (χ0n) is 12.3. The minimum absolute atomic E-state index is 0.306. The molecule has 1 rings (SSSR count). The Kier molecular flexibility index (Phi) is 7.15. The molecule has 1 aromatic rings. The number of hydrogen-bond acceptors (Lipinski definition) is 3. The maximum atomic E-state index is 12.0. The molecular formula is C14H23BrN2O2S. The minimum atomic E-state index is -3.38. The number of benzene rings is 1. The summed E-state index contributed by atoms with van der Waals surface area (Å²) in [4.78, 5) is 2.56. The van der Waals surface area contributed by atoms with Crippen molar-refractivity contribution >= 4 is 26.0 Å². The van der Waals surface area contributed by atoms with Crippen LogP contribution < -0.4 is 4.72 Å². The molecule has 0 heterocycles. The quantitative estimate of drug-likeness (QED) is 0.723. The minimum Gasteiger partial charge on any atom is -0.304 e. The van der Waals surface area contributed by atoms with Crippen LogP contribution in [0.4, 0.5) is 0 Å². The first kappa shape index (κ1) is 17.6. The molecular weight excluding hydrogens is 340 g/mol. The van der Waals surface area contributed by atoms with Gasteiger partial charge in [0.15, 0.2) is 0 Å². The Balaban J connectivity index is 2.36. The van der Waals surface area contributed by atoms with Crippen LogP contribution in [0.5, 0.6) is 0 Å². The summed E-state index contributed by atoms with van der Waals surface area (Å²) >= 11 is 3.29. The molecule has 0 saturated carbocycles. The lowest BCUT2D eigenvalue weighted by atomic mass is 10.2. The third-order valence-electron chi connectivity index (χ3n) is 3.24. The standard InChI is InChI=1S/C14H23BrN2O2S/c1-12(2)17(3)11-5-4-10-16-20(18,19)14-8-6-13(15)7-9-14/h6-9,12,16H,4-5,10-11H2,1-3H3. The second-order valence-corrected chi connectivity index (χ2v) is 7.82. The van der Waals surface area contributed by atoms with Gasteiger partial charge in [0.2, 0.25) is 10.0 Å². The van der Waals surface area contributed by atoms with Crippen molar-refractivity contribution in [2.75, 3.05) is 20.1 Å². The zero-order chi connectivity index (χ0) is 15.2. The lowest BCUT2D eigenvalue weighted by molar-refractivity contribution is 0.268. The molecule has 114 valence electrons. The molecule has 0 amide bonds. The normalized spacial score (nSPS) is 12.3. The van der Waals surface area contributed by atoms with E-state index in [0.29, 0.717) is 17.5 Å². The topological polar surface area (TPSA) is 49.4 Å². The average molecular weight is 363 g/mol. The van der Waals surface area contributed by atoms with Crippen LogP contribution in [0, 0.1) is 0 Å². The van der Waals surface area contributed by atoms with Crippen LogP contribution in [-0.2, 0) is 10.0 Å². The molecule has 0 unspecified atom stereocenters. The van der Waals surface area contributed by atoms with E-state index < -0.39 is 10.0 Å². The smallest absolute Gasteiger partial charge is 0.240 e. The van der Waals surface area contributed by atoms with Gasteiger partial charge in [-0.05, 0) is 64.5 Å². The van der Waals surface area contributed by atoms with E-state index >= 15 is 0 Å². The molecule has 0 aliphatic heterocycles. The van der Waals surface area contributed by atoms with Gasteiger partial charge in [0.25, 0.3) is 0 Å². The van der Waals surface area contributed by atoms with Gasteiger partial charge in [-0.15, -0.1) is 0 Å². The molecule has 0 aromatic heterocycles. The van der Waals surface area contributed by atoms with E-state index in [4.69, 9.17) is 0 Å². The van der Waals surface area contributed by atoms with Crippen molar-refractivity contribution in [3.63, 3.8) is 0 Å². The Labute approximate surface area is 130 Å². The molecule has 0 fully saturated rings. The number of halogens is 1. The number of nitrogens with zero attached hydrogens (tertiary/aromatic N) is 1. The van der Waals surface area contributed by atoms with Gasteiger partial charge in [-0.3, -0.25) is 0 Å². The van der Waals surface area contributed by atoms with E-state index in [1.54, 1.807) is 24.3 Å². The van der Waals surface area contributed by atoms with Crippen molar-refractivity contribution in [2.45, 2.75) is 37.6 Å². The van der Waals surface area contributed by atoms with E-state index in [1.807, 2.05) is 0 Å². The van der Waals surface area contributed by atoms with Crippen LogP contribution in [0.15, 0.2) is 33.6 Å². The summed E-state index contributed by atoms with van der Waals surface area (Å²) in [5.41, 5.74) is 0. The Morgan fingerprint density at radius 2 is 1.80 bits per heavy atom. The van der Waals surface area contributed by atoms with Gasteiger partial charge in [-0.1, -0.05) is 15.9 Å². The van der Waals surface area contributed by atoms with Crippen LogP contribution >= 0.6 is 15.9 Å². The molecule has 4 nitrogen and oxygen atoms in total. The number of rotatable bonds is 8. The Morgan fingerprint density at radius 1 is 1.20 bits per heavy atom. The van der Waals surface area contributed by atoms with Crippen molar-refractivity contribution in [3.05, 3.63) is 28.7 Å². The first-order valence-corrected chi connectivity index (χ1v) is 9.06. The summed E-state index contributed by atoms with van der Waals surface area (Å²) in [6.45, 7) is 5.76. The van der Waals surface area contributed by atoms with Crippen molar-refractivity contribution in [2.24, 2.45) is 0 Å². The zero-order valence-corrected chi connectivity index (χ0v) is 14.7. The highest BCUT2D eigenvalue weighted by molar-refractivity contribution is 9.10. The SMILES string of the molecule is CC(C)N(C)CCCCNS(=O)(=O)c1ccc(Br)cc1. The van der Waals surface area contributed by atoms with Gasteiger partial charge in [-0.2, -0.15) is 0 Å². The molecule has 6 heteroatoms. The molecule has 0 saturated heterocycles. The van der Waals surface area contributed by atoms with E-state index in [2.05, 4.69) is 46.4 Å². The van der Waals surface area contributed by atoms with Crippen LogP contribution in [-0.4, -0.2) is 39.5 Å². The van der Waals surface area contributed by atoms with E-state index in [1.165, 1.54) is 0 Å². The van der Waals surface area contributed by atoms with Crippen LogP contribution in [0.25, 0.3) is 0 Å². The molecule has 20 heavy (non-hydrogen) atoms. The molecule has 1 N–H and O–H groups in total. The molecule has 0 radical (unpaired) electrons. The van der Waals surface area contributed by atoms with Crippen LogP contribution in [0.1, 0.15) is 26.7 Å². The fourth-order valence-corrected chi connectivity index (χ4v) is 2.99. The summed E-state index contributed by atoms with van der Waals surface area (Å²) in [6.07, 6.45) is 1.82. The lowest BCUT2D eigenvalue weighted by Gasteiger charge is -2.20. The summed E-state index contributed by atoms with van der Waals surface area (Å²) < 4.78 is 27.5. The number of nitrogens with one attached hydrogen (secondary N) is 1. The Bertz CT molecular complexity index is 500. The number of unbranched alkanes of at least 4 members (excludes halogenated alkanes) is 1. The van der Waals surface area contributed by atoms with Gasteiger partial charge in [0.05, 0.1) is 4.90 Å². The molecule has 0 aliphatic rings. The predicted molar refractivity (Wildman–Crippen MR) is 86.3 cm³/mol. The van der Waals surface area contributed by atoms with Gasteiger partial charge < -0.3 is 4.90 Å². The largest absolute Gasteiger partial charge is 0.304 e. The van der Waals surface area contributed by atoms with Gasteiger partial charge in [0, 0.05) is 17.1 Å². The van der Waals surface area contributed by atoms with Crippen molar-refractivity contribution in [3.8, 4) is 0 Å². The number of sulfonamides is 1. The Hall–Kier alpha value is -0.430. The van der Waals surface area contributed by atoms with E-state index in [-0.39, 0.29) is 0 Å². The second-order valence-electron chi connectivity index (χ2n) is 5.13. The second kappa shape index (κ2) is 8.12. The van der Waals surface area contributed by atoms with Gasteiger partial charge >= 0.3 is 0 Å². The van der Waals surface area contributed by atoms with Crippen LogP contribution in [0.3, 0.4) is 0 Å². The fourth-order valence-electron chi connectivity index (χ4n) is 1.65. The summed E-state index contributed by atoms with van der Waals surface area (Å²) in [5.74, 6) is 0. The third kappa shape index (κ3) is 5.91. The number of hydrogen-bond donors (Lipinski definition) is 1. The van der Waals surface area contributed by atoms with Crippen LogP contribution in [0.2, 0.25) is 0 Å². The highest BCUT2D eigenvalue weighted by Crippen LogP contribution is 2.14. The predicted octanol–water partition coefficient (Wildman–Crippen LogP) is 2.85. The Morgan fingerprint density at radius 3 is 2.35 bits per heavy atom. The maximum absolute atomic E-state index is 12.0. The molecule has 0 bridgehead atoms. The van der Waals surface area contributed by atoms with E-state index in [0.717, 1.165) is 23.9 Å². The van der Waals surface area contributed by atoms with E-state index in [9.17, 15) is 8.42 Å². The molecule has 0 aliphatic carbocycles. The maximum Gasteiger partial charge on any atom is 0.240 e. The average Bonchev–Trinajstić information content (AvgIpc) is 2.38. The molecule has 1 aromatic carbocycles. The van der Waals surface area contributed by atoms with Gasteiger partial charge in [-0.25, -0.2) is 13.1 Å². The summed E-state index contributed by atoms with van der Waals surface area (Å²) in [6, 6.07) is 7.17. The monoisotopic (exact) mass is 362 g/mol. The fraction of sp³-hybridized carbons (Fsp3) is 0.571. The highest BCUT2D eigenvalue weighted by atomic mass is 79.9. The molecule has 0 atom stereocenters. The van der Waals surface area contributed by atoms with Crippen molar-refractivity contribution in [1.29, 1.82) is 0 Å². The highest BCUT2D eigenvalue weighted by Gasteiger charge is 2.12. The van der Waals surface area contributed by atoms with Crippen molar-refractivity contribution in [1.82, 2.24) is 9.62 Å². The first-order valence-electron chi connectivity index (χ1n) is 6.78.